The van der Waals surface area contributed by atoms with Gasteiger partial charge in [-0.25, -0.2) is 4.98 Å². The number of benzene rings is 1. The maximum absolute atomic E-state index is 12.6. The highest BCUT2D eigenvalue weighted by Crippen LogP contribution is 2.25. The van der Waals surface area contributed by atoms with Gasteiger partial charge in [-0.2, -0.15) is 0 Å². The second-order valence-electron chi connectivity index (χ2n) is 5.16. The number of piperidine rings is 1. The van der Waals surface area contributed by atoms with Crippen molar-refractivity contribution in [2.24, 2.45) is 0 Å². The summed E-state index contributed by atoms with van der Waals surface area (Å²) >= 11 is 8.19. The molecule has 0 N–H and O–H groups in total. The van der Waals surface area contributed by atoms with Gasteiger partial charge in [-0.05, 0) is 53.6 Å². The highest BCUT2D eigenvalue weighted by atomic mass is 127. The van der Waals surface area contributed by atoms with E-state index in [2.05, 4.69) is 32.1 Å². The van der Waals surface area contributed by atoms with Gasteiger partial charge < -0.3 is 9.47 Å². The Morgan fingerprint density at radius 1 is 1.33 bits per heavy atom. The molecule has 0 spiro atoms. The smallest absolute Gasteiger partial charge is 0.254 e. The molecule has 2 aromatic rings. The van der Waals surface area contributed by atoms with Gasteiger partial charge in [0.25, 0.3) is 5.91 Å². The zero-order valence-corrected chi connectivity index (χ0v) is 14.3. The molecule has 0 atom stereocenters. The molecule has 4 nitrogen and oxygen atoms in total. The Morgan fingerprint density at radius 3 is 2.76 bits per heavy atom. The minimum atomic E-state index is 0.0750. The zero-order valence-electron chi connectivity index (χ0n) is 11.4. The van der Waals surface area contributed by atoms with Gasteiger partial charge in [-0.15, -0.1) is 0 Å². The summed E-state index contributed by atoms with van der Waals surface area (Å²) in [5.74, 6) is 0.0750. The third-order valence-electron chi connectivity index (χ3n) is 3.86. The molecule has 2 heterocycles. The van der Waals surface area contributed by atoms with Crippen LogP contribution in [0.25, 0.3) is 0 Å². The van der Waals surface area contributed by atoms with E-state index < -0.39 is 0 Å². The molecule has 110 valence electrons. The van der Waals surface area contributed by atoms with Crippen molar-refractivity contribution in [3.8, 4) is 0 Å². The van der Waals surface area contributed by atoms with Gasteiger partial charge in [-0.1, -0.05) is 11.6 Å². The van der Waals surface area contributed by atoms with Crippen LogP contribution in [0.1, 0.15) is 29.2 Å². The fourth-order valence-electron chi connectivity index (χ4n) is 2.68. The minimum Gasteiger partial charge on any atom is -0.338 e. The number of aromatic nitrogens is 2. The molecule has 0 radical (unpaired) electrons. The van der Waals surface area contributed by atoms with Gasteiger partial charge in [0.15, 0.2) is 0 Å². The topological polar surface area (TPSA) is 38.1 Å². The fraction of sp³-hybridized carbons (Fsp3) is 0.333. The van der Waals surface area contributed by atoms with E-state index in [1.165, 1.54) is 0 Å². The van der Waals surface area contributed by atoms with Crippen molar-refractivity contribution in [2.75, 3.05) is 13.1 Å². The average Bonchev–Trinajstić information content (AvgIpc) is 3.03. The molecule has 1 amide bonds. The molecule has 21 heavy (non-hydrogen) atoms. The van der Waals surface area contributed by atoms with E-state index in [9.17, 15) is 4.79 Å². The highest BCUT2D eigenvalue weighted by Gasteiger charge is 2.25. The van der Waals surface area contributed by atoms with Crippen molar-refractivity contribution >= 4 is 40.1 Å². The van der Waals surface area contributed by atoms with Crippen molar-refractivity contribution in [1.82, 2.24) is 14.5 Å². The lowest BCUT2D eigenvalue weighted by Crippen LogP contribution is -2.39. The first kappa shape index (κ1) is 14.8. The van der Waals surface area contributed by atoms with Crippen LogP contribution in [-0.2, 0) is 0 Å². The number of likely N-dealkylation sites (tertiary alicyclic amines) is 1. The molecule has 1 aromatic heterocycles. The summed E-state index contributed by atoms with van der Waals surface area (Å²) in [6.45, 7) is 1.54. The molecule has 3 rings (SSSR count). The van der Waals surface area contributed by atoms with Crippen molar-refractivity contribution < 1.29 is 4.79 Å². The summed E-state index contributed by atoms with van der Waals surface area (Å²) in [5.41, 5.74) is 0.698. The number of hydrogen-bond donors (Lipinski definition) is 0. The lowest BCUT2D eigenvalue weighted by atomic mass is 10.0. The summed E-state index contributed by atoms with van der Waals surface area (Å²) in [6, 6.07) is 5.89. The van der Waals surface area contributed by atoms with Gasteiger partial charge in [0.1, 0.15) is 0 Å². The second kappa shape index (κ2) is 6.36. The molecule has 0 unspecified atom stereocenters. The predicted octanol–water partition coefficient (Wildman–Crippen LogP) is 3.62. The minimum absolute atomic E-state index is 0.0750. The normalized spacial score (nSPS) is 16.2. The lowest BCUT2D eigenvalue weighted by Gasteiger charge is -2.32. The van der Waals surface area contributed by atoms with Crippen LogP contribution in [0.5, 0.6) is 0 Å². The summed E-state index contributed by atoms with van der Waals surface area (Å²) in [7, 11) is 0. The Morgan fingerprint density at radius 2 is 2.10 bits per heavy atom. The monoisotopic (exact) mass is 415 g/mol. The van der Waals surface area contributed by atoms with Crippen LogP contribution in [0.2, 0.25) is 5.02 Å². The molecule has 1 aliphatic rings. The highest BCUT2D eigenvalue weighted by molar-refractivity contribution is 14.1. The molecular formula is C15H15ClIN3O. The number of carbonyl (C=O) groups is 1. The van der Waals surface area contributed by atoms with E-state index in [1.807, 2.05) is 29.6 Å². The Kier molecular flexibility index (Phi) is 4.49. The van der Waals surface area contributed by atoms with E-state index >= 15 is 0 Å². The van der Waals surface area contributed by atoms with Crippen LogP contribution in [0.15, 0.2) is 36.9 Å². The van der Waals surface area contributed by atoms with E-state index in [4.69, 9.17) is 11.6 Å². The maximum Gasteiger partial charge on any atom is 0.254 e. The molecule has 1 aromatic carbocycles. The number of hydrogen-bond acceptors (Lipinski definition) is 2. The van der Waals surface area contributed by atoms with E-state index in [0.29, 0.717) is 16.6 Å². The van der Waals surface area contributed by atoms with Crippen LogP contribution >= 0.6 is 34.2 Å². The Balaban J connectivity index is 1.69. The summed E-state index contributed by atoms with van der Waals surface area (Å²) < 4.78 is 3.07. The standard InChI is InChI=1S/C15H15ClIN3O/c16-11-1-2-14(17)13(9-11)15(21)19-6-3-12(4-7-19)20-8-5-18-10-20/h1-2,5,8-10,12H,3-4,6-7H2. The van der Waals surface area contributed by atoms with E-state index in [1.54, 1.807) is 12.3 Å². The third-order valence-corrected chi connectivity index (χ3v) is 5.03. The second-order valence-corrected chi connectivity index (χ2v) is 6.76. The first-order chi connectivity index (χ1) is 10.1. The van der Waals surface area contributed by atoms with Gasteiger partial charge in [-0.3, -0.25) is 4.79 Å². The SMILES string of the molecule is O=C(c1cc(Cl)ccc1I)N1CCC(n2ccnc2)CC1. The van der Waals surface area contributed by atoms with Gasteiger partial charge in [0, 0.05) is 40.1 Å². The molecular weight excluding hydrogens is 401 g/mol. The number of carbonyl (C=O) groups excluding carboxylic acids is 1. The number of halogens is 2. The largest absolute Gasteiger partial charge is 0.338 e. The van der Waals surface area contributed by atoms with Crippen LogP contribution in [-0.4, -0.2) is 33.4 Å². The first-order valence-corrected chi connectivity index (χ1v) is 8.32. The predicted molar refractivity (Wildman–Crippen MR) is 90.6 cm³/mol. The molecule has 0 bridgehead atoms. The molecule has 1 saturated heterocycles. The fourth-order valence-corrected chi connectivity index (χ4v) is 3.42. The molecule has 0 aliphatic carbocycles. The molecule has 0 saturated carbocycles. The average molecular weight is 416 g/mol. The zero-order chi connectivity index (χ0) is 14.8. The van der Waals surface area contributed by atoms with E-state index in [0.717, 1.165) is 29.5 Å². The van der Waals surface area contributed by atoms with Crippen molar-refractivity contribution in [1.29, 1.82) is 0 Å². The van der Waals surface area contributed by atoms with Gasteiger partial charge >= 0.3 is 0 Å². The lowest BCUT2D eigenvalue weighted by molar-refractivity contribution is 0.0693. The van der Waals surface area contributed by atoms with Gasteiger partial charge in [0.05, 0.1) is 11.9 Å². The summed E-state index contributed by atoms with van der Waals surface area (Å²) in [5, 5.41) is 0.604. The van der Waals surface area contributed by atoms with Crippen LogP contribution in [0.3, 0.4) is 0 Å². The number of nitrogens with zero attached hydrogens (tertiary/aromatic N) is 3. The van der Waals surface area contributed by atoms with Crippen molar-refractivity contribution in [2.45, 2.75) is 18.9 Å². The Hall–Kier alpha value is -1.08. The van der Waals surface area contributed by atoms with Crippen molar-refractivity contribution in [3.63, 3.8) is 0 Å². The number of imidazole rings is 1. The quantitative estimate of drug-likeness (QED) is 0.703. The van der Waals surface area contributed by atoms with Crippen LogP contribution < -0.4 is 0 Å². The molecule has 6 heteroatoms. The maximum atomic E-state index is 12.6. The van der Waals surface area contributed by atoms with E-state index in [-0.39, 0.29) is 5.91 Å². The molecule has 1 aliphatic heterocycles. The Bertz CT molecular complexity index is 636. The van der Waals surface area contributed by atoms with Crippen LogP contribution in [0.4, 0.5) is 0 Å². The summed E-state index contributed by atoms with van der Waals surface area (Å²) in [4.78, 5) is 18.6. The van der Waals surface area contributed by atoms with Crippen molar-refractivity contribution in [3.05, 3.63) is 51.1 Å². The Labute approximate surface area is 142 Å². The van der Waals surface area contributed by atoms with Gasteiger partial charge in [0.2, 0.25) is 0 Å². The molecule has 1 fully saturated rings. The third kappa shape index (κ3) is 3.23. The van der Waals surface area contributed by atoms with Crippen LogP contribution in [0, 0.1) is 3.57 Å². The number of rotatable bonds is 2. The number of amides is 1. The first-order valence-electron chi connectivity index (χ1n) is 6.87. The summed E-state index contributed by atoms with van der Waals surface area (Å²) in [6.07, 6.45) is 7.55.